The largest absolute Gasteiger partial charge is 0.390 e. The van der Waals surface area contributed by atoms with E-state index in [0.29, 0.717) is 13.0 Å². The quantitative estimate of drug-likeness (QED) is 0.564. The van der Waals surface area contributed by atoms with Crippen LogP contribution in [0.1, 0.15) is 87.5 Å². The summed E-state index contributed by atoms with van der Waals surface area (Å²) in [5, 5.41) is 14.9. The first-order chi connectivity index (χ1) is 15.0. The minimum absolute atomic E-state index is 0.000208. The number of benzene rings is 2. The Hall–Kier alpha value is -1.75. The third kappa shape index (κ3) is 4.64. The number of rotatable bonds is 6. The van der Waals surface area contributed by atoms with Crippen LogP contribution in [0.3, 0.4) is 0 Å². The Morgan fingerprint density at radius 3 is 2.50 bits per heavy atom. The molecule has 0 saturated heterocycles. The number of nitrogens with two attached hydrogens (primary N) is 1. The predicted molar refractivity (Wildman–Crippen MR) is 129 cm³/mol. The summed E-state index contributed by atoms with van der Waals surface area (Å²) in [5.74, 6) is -0.234. The van der Waals surface area contributed by atoms with Crippen molar-refractivity contribution in [1.29, 1.82) is 0 Å². The topological polar surface area (TPSA) is 58.3 Å². The molecule has 2 unspecified atom stereocenters. The lowest BCUT2D eigenvalue weighted by Gasteiger charge is -2.41. The molecule has 2 aliphatic carbocycles. The van der Waals surface area contributed by atoms with E-state index in [9.17, 15) is 9.50 Å². The van der Waals surface area contributed by atoms with Crippen LogP contribution in [0.4, 0.5) is 4.39 Å². The van der Waals surface area contributed by atoms with Gasteiger partial charge in [-0.05, 0) is 66.0 Å². The second-order valence-corrected chi connectivity index (χ2v) is 11.3. The summed E-state index contributed by atoms with van der Waals surface area (Å²) in [5.41, 5.74) is 10.3. The van der Waals surface area contributed by atoms with Gasteiger partial charge < -0.3 is 16.2 Å². The zero-order valence-corrected chi connectivity index (χ0v) is 20.0. The van der Waals surface area contributed by atoms with Crippen LogP contribution in [0.25, 0.3) is 0 Å². The molecule has 2 aromatic carbocycles. The van der Waals surface area contributed by atoms with E-state index in [-0.39, 0.29) is 22.7 Å². The van der Waals surface area contributed by atoms with Gasteiger partial charge in [0, 0.05) is 18.0 Å². The Labute approximate surface area is 192 Å². The SMILES string of the molecule is Cc1cc(F)cc(C2CC2(N)[C@H](O)CNC2(c3cccc(C(C)(C)C)c3)CCCCC2)c1. The van der Waals surface area contributed by atoms with Gasteiger partial charge in [0.2, 0.25) is 0 Å². The van der Waals surface area contributed by atoms with Crippen molar-refractivity contribution in [3.8, 4) is 0 Å². The number of halogens is 1. The van der Waals surface area contributed by atoms with Crippen molar-refractivity contribution in [2.24, 2.45) is 5.73 Å². The Bertz CT molecular complexity index is 940. The summed E-state index contributed by atoms with van der Waals surface area (Å²) >= 11 is 0. The van der Waals surface area contributed by atoms with Gasteiger partial charge in [-0.3, -0.25) is 0 Å². The van der Waals surface area contributed by atoms with Gasteiger partial charge >= 0.3 is 0 Å². The third-order valence-electron chi connectivity index (χ3n) is 7.76. The number of hydrogen-bond donors (Lipinski definition) is 3. The lowest BCUT2D eigenvalue weighted by molar-refractivity contribution is 0.106. The van der Waals surface area contributed by atoms with Gasteiger partial charge in [-0.1, -0.05) is 70.4 Å². The van der Waals surface area contributed by atoms with E-state index in [1.165, 1.54) is 36.5 Å². The van der Waals surface area contributed by atoms with Crippen molar-refractivity contribution in [3.05, 3.63) is 70.5 Å². The van der Waals surface area contributed by atoms with Crippen LogP contribution in [0.5, 0.6) is 0 Å². The van der Waals surface area contributed by atoms with Gasteiger partial charge in [0.25, 0.3) is 0 Å². The molecule has 2 aromatic rings. The highest BCUT2D eigenvalue weighted by Gasteiger charge is 2.56. The number of aliphatic hydroxyl groups is 1. The molecule has 0 aliphatic heterocycles. The average molecular weight is 439 g/mol. The number of aryl methyl sites for hydroxylation is 1. The van der Waals surface area contributed by atoms with Crippen LogP contribution >= 0.6 is 0 Å². The summed E-state index contributed by atoms with van der Waals surface area (Å²) in [4.78, 5) is 0. The zero-order valence-electron chi connectivity index (χ0n) is 20.0. The molecular formula is C28H39FN2O. The molecule has 0 bridgehead atoms. The fraction of sp³-hybridized carbons (Fsp3) is 0.571. The van der Waals surface area contributed by atoms with E-state index in [0.717, 1.165) is 24.0 Å². The fourth-order valence-electron chi connectivity index (χ4n) is 5.55. The summed E-state index contributed by atoms with van der Waals surface area (Å²) in [7, 11) is 0. The maximum absolute atomic E-state index is 13.9. The number of nitrogens with one attached hydrogen (secondary N) is 1. The van der Waals surface area contributed by atoms with E-state index in [1.807, 2.05) is 13.0 Å². The Balaban J connectivity index is 1.51. The van der Waals surface area contributed by atoms with Crippen LogP contribution in [0.2, 0.25) is 0 Å². The number of hydrogen-bond acceptors (Lipinski definition) is 3. The van der Waals surface area contributed by atoms with E-state index >= 15 is 0 Å². The summed E-state index contributed by atoms with van der Waals surface area (Å²) in [6, 6.07) is 14.0. The molecule has 3 atom stereocenters. The molecule has 2 fully saturated rings. The first kappa shape index (κ1) is 23.4. The van der Waals surface area contributed by atoms with Gasteiger partial charge in [0.05, 0.1) is 11.6 Å². The van der Waals surface area contributed by atoms with Gasteiger partial charge in [-0.15, -0.1) is 0 Å². The highest BCUT2D eigenvalue weighted by molar-refractivity contribution is 5.38. The molecule has 0 amide bonds. The van der Waals surface area contributed by atoms with Crippen molar-refractivity contribution < 1.29 is 9.50 Å². The second kappa shape index (κ2) is 8.55. The molecule has 0 heterocycles. The van der Waals surface area contributed by atoms with Crippen LogP contribution in [0.15, 0.2) is 42.5 Å². The maximum atomic E-state index is 13.9. The predicted octanol–water partition coefficient (Wildman–Crippen LogP) is 5.43. The monoisotopic (exact) mass is 438 g/mol. The van der Waals surface area contributed by atoms with E-state index in [2.05, 4.69) is 50.4 Å². The second-order valence-electron chi connectivity index (χ2n) is 11.3. The normalized spacial score (nSPS) is 26.0. The number of aliphatic hydroxyl groups excluding tert-OH is 1. The average Bonchev–Trinajstić information content (AvgIpc) is 3.45. The van der Waals surface area contributed by atoms with Gasteiger partial charge in [0.1, 0.15) is 5.82 Å². The van der Waals surface area contributed by atoms with Crippen molar-refractivity contribution in [3.63, 3.8) is 0 Å². The van der Waals surface area contributed by atoms with Crippen molar-refractivity contribution >= 4 is 0 Å². The summed E-state index contributed by atoms with van der Waals surface area (Å²) < 4.78 is 13.9. The molecule has 3 nitrogen and oxygen atoms in total. The zero-order chi connectivity index (χ0) is 23.1. The summed E-state index contributed by atoms with van der Waals surface area (Å²) in [6.07, 6.45) is 5.76. The smallest absolute Gasteiger partial charge is 0.123 e. The molecule has 2 saturated carbocycles. The molecule has 0 spiro atoms. The van der Waals surface area contributed by atoms with Gasteiger partial charge in [-0.25, -0.2) is 4.39 Å². The lowest BCUT2D eigenvalue weighted by atomic mass is 9.74. The highest BCUT2D eigenvalue weighted by atomic mass is 19.1. The Morgan fingerprint density at radius 1 is 1.12 bits per heavy atom. The first-order valence-corrected chi connectivity index (χ1v) is 12.1. The van der Waals surface area contributed by atoms with Crippen LogP contribution in [-0.2, 0) is 11.0 Å². The van der Waals surface area contributed by atoms with Crippen molar-refractivity contribution in [2.45, 2.75) is 94.7 Å². The minimum Gasteiger partial charge on any atom is -0.390 e. The first-order valence-electron chi connectivity index (χ1n) is 12.1. The van der Waals surface area contributed by atoms with Gasteiger partial charge in [0.15, 0.2) is 0 Å². The molecule has 0 radical (unpaired) electrons. The molecular weight excluding hydrogens is 399 g/mol. The molecule has 4 rings (SSSR count). The molecule has 32 heavy (non-hydrogen) atoms. The molecule has 0 aromatic heterocycles. The van der Waals surface area contributed by atoms with Gasteiger partial charge in [-0.2, -0.15) is 0 Å². The third-order valence-corrected chi connectivity index (χ3v) is 7.76. The fourth-order valence-corrected chi connectivity index (χ4v) is 5.55. The van der Waals surface area contributed by atoms with E-state index in [4.69, 9.17) is 5.73 Å². The van der Waals surface area contributed by atoms with Crippen molar-refractivity contribution in [2.75, 3.05) is 6.54 Å². The van der Waals surface area contributed by atoms with E-state index in [1.54, 1.807) is 6.07 Å². The molecule has 4 N–H and O–H groups in total. The maximum Gasteiger partial charge on any atom is 0.123 e. The van der Waals surface area contributed by atoms with E-state index < -0.39 is 11.6 Å². The Morgan fingerprint density at radius 2 is 1.84 bits per heavy atom. The van der Waals surface area contributed by atoms with Crippen molar-refractivity contribution in [1.82, 2.24) is 5.32 Å². The summed E-state index contributed by atoms with van der Waals surface area (Å²) in [6.45, 7) is 9.08. The molecule has 2 aliphatic rings. The molecule has 4 heteroatoms. The minimum atomic E-state index is -0.698. The standard InChI is InChI=1S/C28H39FN2O/c1-19-13-20(15-23(29)14-19)24-17-28(24,30)25(32)18-31-27(11-6-5-7-12-27)22-10-8-9-21(16-22)26(2,3)4/h8-10,13-16,24-25,31-32H,5-7,11-12,17-18,30H2,1-4H3/t24?,25-,28?/m1/s1. The Kier molecular flexibility index (Phi) is 6.26. The van der Waals surface area contributed by atoms with Crippen LogP contribution < -0.4 is 11.1 Å². The molecule has 174 valence electrons. The highest BCUT2D eigenvalue weighted by Crippen LogP contribution is 2.52. The van der Waals surface area contributed by atoms with Crippen LogP contribution in [-0.4, -0.2) is 23.3 Å². The van der Waals surface area contributed by atoms with Crippen LogP contribution in [0, 0.1) is 12.7 Å². The lowest BCUT2D eigenvalue weighted by Crippen LogP contribution is -2.52.